The monoisotopic (exact) mass is 1040 g/mol. The lowest BCUT2D eigenvalue weighted by Crippen LogP contribution is -2.61. The normalized spacial score (nSPS) is 36.8. The smallest absolute Gasteiger partial charge is 0.329 e. The molecule has 4 aliphatic rings. The van der Waals surface area contributed by atoms with Gasteiger partial charge in [0.1, 0.15) is 36.2 Å². The zero-order chi connectivity index (χ0) is 54.9. The molecule has 3 heterocycles. The molecular weight excluding hydrogens is 955 g/mol. The first-order chi connectivity index (χ1) is 35.0. The Labute approximate surface area is 438 Å². The number of nitrogens with zero attached hydrogens (tertiary/aromatic N) is 1. The number of Topliss-reactive ketones (excluding diaryl/α,β-unsaturated/α-hetero) is 3. The number of piperidine rings is 1. The second-order valence-electron chi connectivity index (χ2n) is 21.7. The highest BCUT2D eigenvalue weighted by Crippen LogP contribution is 2.38. The molecule has 4 rings (SSSR count). The molecule has 3 aliphatic heterocycles. The number of ether oxygens (including phenoxy) is 6. The van der Waals surface area contributed by atoms with Crippen LogP contribution in [0.4, 0.5) is 0 Å². The average Bonchev–Trinajstić information content (AvgIpc) is 3.36. The molecule has 15 atom stereocenters. The number of carbonyl (C=O) groups excluding carboxylic acids is 6. The third-order valence-electron chi connectivity index (χ3n) is 15.8. The molecule has 74 heavy (non-hydrogen) atoms. The van der Waals surface area contributed by atoms with Crippen molar-refractivity contribution in [3.8, 4) is 0 Å². The van der Waals surface area contributed by atoms with Crippen LogP contribution in [-0.2, 0) is 62.0 Å². The Balaban J connectivity index is 1.66. The first kappa shape index (κ1) is 62.2. The van der Waals surface area contributed by atoms with Crippen LogP contribution in [0.25, 0.3) is 0 Å². The number of hydrogen-bond donors (Lipinski definition) is 3. The number of hydrogen-bond acceptors (Lipinski definition) is 15. The van der Waals surface area contributed by atoms with Gasteiger partial charge in [0.2, 0.25) is 5.79 Å². The second-order valence-corrected chi connectivity index (χ2v) is 21.7. The van der Waals surface area contributed by atoms with Gasteiger partial charge in [0.15, 0.2) is 5.78 Å². The number of carboxylic acids is 1. The highest BCUT2D eigenvalue weighted by Gasteiger charge is 2.53. The zero-order valence-corrected chi connectivity index (χ0v) is 45.7. The van der Waals surface area contributed by atoms with Gasteiger partial charge in [0.05, 0.1) is 18.3 Å². The summed E-state index contributed by atoms with van der Waals surface area (Å²) in [6.45, 7) is 12.6. The number of carboxylic acid groups (broad SMARTS) is 1. The van der Waals surface area contributed by atoms with Crippen LogP contribution in [0.2, 0.25) is 0 Å². The van der Waals surface area contributed by atoms with Crippen LogP contribution in [0, 0.1) is 35.5 Å². The molecule has 17 heteroatoms. The maximum Gasteiger partial charge on any atom is 0.329 e. The molecule has 0 aromatic rings. The fourth-order valence-corrected chi connectivity index (χ4v) is 11.0. The second kappa shape index (κ2) is 29.8. The van der Waals surface area contributed by atoms with E-state index in [0.717, 1.165) is 5.57 Å². The Bertz CT molecular complexity index is 2050. The molecule has 0 radical (unpaired) electrons. The molecule has 1 unspecified atom stereocenters. The number of aliphatic hydroxyl groups is 2. The lowest BCUT2D eigenvalue weighted by molar-refractivity contribution is -0.265. The van der Waals surface area contributed by atoms with E-state index in [1.165, 1.54) is 12.0 Å². The SMILES string of the molecule is CO[C@H]1C[C@@H]2CC[C@@H](C)[C@@](O)(O2)C(=O)C(=O)N2CCCCC2C(=O)O[C@H]([C@H](C)C[C@@H]2CC[C@@H](OC(=O)CCCCC(=O)O)[C@H](OC)C2)CC(=O)[C@H](C)/C=C(\C)[C@@H](O)[C@@H](OC)C(=O)[C@H](C)C[C@H](C)/C=C/C=C/C=C/1C. The van der Waals surface area contributed by atoms with Gasteiger partial charge in [-0.2, -0.15) is 0 Å². The molecule has 1 saturated carbocycles. The van der Waals surface area contributed by atoms with Crippen LogP contribution in [-0.4, -0.2) is 144 Å². The molecule has 17 nitrogen and oxygen atoms in total. The van der Waals surface area contributed by atoms with E-state index in [4.69, 9.17) is 33.5 Å². The number of allylic oxidation sites excluding steroid dienone is 6. The Kier molecular flexibility index (Phi) is 25.0. The number of carbonyl (C=O) groups is 7. The number of fused-ring (bicyclic) bond motifs is 3. The standard InChI is InChI=1S/C57H87NO16/c1-34-18-12-11-13-19-35(2)46(69-8)32-42-25-23-40(7)57(68,74-42)54(65)55(66)58-27-17-16-20-43(58)56(67)73-47(33-44(59)36(3)29-39(6)52(64)53(71-10)51(63)38(5)28-34)37(4)30-41-24-26-45(48(31-41)70-9)72-50(62)22-15-14-21-49(60)61/h11-13,18-19,29,34,36-38,40-43,45-48,52-53,64,68H,14-17,20-28,30-33H2,1-10H3,(H,60,61)/b13-11+,18-12+,35-19+,39-29+/t34-,36-,37-,38-,40-,41+,42+,43?,45-,46+,47+,48-,52-,53+,57-/m1/s1. The van der Waals surface area contributed by atoms with Gasteiger partial charge in [-0.25, -0.2) is 4.79 Å². The summed E-state index contributed by atoms with van der Waals surface area (Å²) in [4.78, 5) is 96.1. The van der Waals surface area contributed by atoms with Gasteiger partial charge < -0.3 is 48.6 Å². The summed E-state index contributed by atoms with van der Waals surface area (Å²) in [5.74, 6) is -9.84. The first-order valence-corrected chi connectivity index (χ1v) is 26.9. The fourth-order valence-electron chi connectivity index (χ4n) is 11.0. The van der Waals surface area contributed by atoms with E-state index >= 15 is 0 Å². The Morgan fingerprint density at radius 3 is 2.23 bits per heavy atom. The van der Waals surface area contributed by atoms with E-state index in [2.05, 4.69) is 0 Å². The van der Waals surface area contributed by atoms with Gasteiger partial charge in [0, 0.05) is 71.3 Å². The van der Waals surface area contributed by atoms with Crippen molar-refractivity contribution < 1.29 is 77.3 Å². The topological polar surface area (TPSA) is 239 Å². The minimum Gasteiger partial charge on any atom is -0.481 e. The number of methoxy groups -OCH3 is 3. The van der Waals surface area contributed by atoms with Gasteiger partial charge in [-0.05, 0) is 120 Å². The van der Waals surface area contributed by atoms with Crippen molar-refractivity contribution >= 4 is 41.2 Å². The molecule has 0 aromatic carbocycles. The van der Waals surface area contributed by atoms with Crippen LogP contribution in [0.15, 0.2) is 47.6 Å². The third kappa shape index (κ3) is 17.6. The summed E-state index contributed by atoms with van der Waals surface area (Å²) < 4.78 is 35.5. The summed E-state index contributed by atoms with van der Waals surface area (Å²) in [6.07, 6.45) is 11.1. The van der Waals surface area contributed by atoms with Crippen molar-refractivity contribution in [1.82, 2.24) is 4.90 Å². The van der Waals surface area contributed by atoms with E-state index in [-0.39, 0.29) is 55.6 Å². The van der Waals surface area contributed by atoms with E-state index in [9.17, 15) is 43.8 Å². The van der Waals surface area contributed by atoms with Crippen molar-refractivity contribution in [2.45, 2.75) is 206 Å². The largest absolute Gasteiger partial charge is 0.481 e. The predicted octanol–water partition coefficient (Wildman–Crippen LogP) is 7.38. The van der Waals surface area contributed by atoms with Crippen LogP contribution >= 0.6 is 0 Å². The summed E-state index contributed by atoms with van der Waals surface area (Å²) in [7, 11) is 4.47. The van der Waals surface area contributed by atoms with E-state index in [1.54, 1.807) is 48.0 Å². The first-order valence-electron chi connectivity index (χ1n) is 26.9. The van der Waals surface area contributed by atoms with Crippen molar-refractivity contribution in [3.05, 3.63) is 47.6 Å². The summed E-state index contributed by atoms with van der Waals surface area (Å²) >= 11 is 0. The molecule has 1 amide bonds. The van der Waals surface area contributed by atoms with Crippen LogP contribution in [0.1, 0.15) is 151 Å². The van der Waals surface area contributed by atoms with Crippen LogP contribution in [0.5, 0.6) is 0 Å². The number of unbranched alkanes of at least 4 members (excludes halogenated alkanes) is 1. The highest BCUT2D eigenvalue weighted by atomic mass is 16.6. The van der Waals surface area contributed by atoms with Gasteiger partial charge in [-0.15, -0.1) is 0 Å². The number of ketones is 3. The number of cyclic esters (lactones) is 1. The van der Waals surface area contributed by atoms with Crippen molar-refractivity contribution in [1.29, 1.82) is 0 Å². The maximum absolute atomic E-state index is 14.5. The fraction of sp³-hybridized carbons (Fsp3) is 0.737. The molecule has 0 spiro atoms. The number of amides is 1. The summed E-state index contributed by atoms with van der Waals surface area (Å²) in [5.41, 5.74) is 1.22. The van der Waals surface area contributed by atoms with E-state index in [0.29, 0.717) is 82.6 Å². The van der Waals surface area contributed by atoms with Crippen LogP contribution < -0.4 is 0 Å². The number of aliphatic hydroxyl groups excluding tert-OH is 1. The number of aliphatic carboxylic acids is 1. The molecule has 3 fully saturated rings. The Morgan fingerprint density at radius 2 is 1.55 bits per heavy atom. The Hall–Kier alpha value is -4.39. The van der Waals surface area contributed by atoms with Gasteiger partial charge in [0.25, 0.3) is 11.7 Å². The lowest BCUT2D eigenvalue weighted by atomic mass is 9.78. The summed E-state index contributed by atoms with van der Waals surface area (Å²) in [6, 6.07) is -1.19. The van der Waals surface area contributed by atoms with Crippen LogP contribution in [0.3, 0.4) is 0 Å². The predicted molar refractivity (Wildman–Crippen MR) is 275 cm³/mol. The molecule has 3 N–H and O–H groups in total. The maximum atomic E-state index is 14.5. The zero-order valence-electron chi connectivity index (χ0n) is 45.7. The average molecular weight is 1040 g/mol. The molecule has 416 valence electrons. The molecule has 2 saturated heterocycles. The van der Waals surface area contributed by atoms with Crippen molar-refractivity contribution in [2.75, 3.05) is 27.9 Å². The van der Waals surface area contributed by atoms with Gasteiger partial charge in [-0.3, -0.25) is 28.8 Å². The summed E-state index contributed by atoms with van der Waals surface area (Å²) in [5, 5.41) is 32.5. The minimum atomic E-state index is -2.46. The molecule has 2 bridgehead atoms. The number of rotatable bonds is 12. The quantitative estimate of drug-likeness (QED) is 0.0748. The highest BCUT2D eigenvalue weighted by molar-refractivity contribution is 6.39. The number of esters is 2. The van der Waals surface area contributed by atoms with E-state index < -0.39 is 108 Å². The van der Waals surface area contributed by atoms with Crippen molar-refractivity contribution in [2.24, 2.45) is 35.5 Å². The molecule has 1 aliphatic carbocycles. The molecule has 0 aromatic heterocycles. The van der Waals surface area contributed by atoms with E-state index in [1.807, 2.05) is 51.2 Å². The lowest BCUT2D eigenvalue weighted by Gasteiger charge is -2.42. The molecular formula is C57H87NO16. The van der Waals surface area contributed by atoms with Gasteiger partial charge in [-0.1, -0.05) is 71.1 Å². The third-order valence-corrected chi connectivity index (χ3v) is 15.8. The minimum absolute atomic E-state index is 0.00459. The van der Waals surface area contributed by atoms with Gasteiger partial charge >= 0.3 is 17.9 Å². The van der Waals surface area contributed by atoms with Crippen molar-refractivity contribution in [3.63, 3.8) is 0 Å². The Morgan fingerprint density at radius 1 is 0.838 bits per heavy atom.